The van der Waals surface area contributed by atoms with Crippen LogP contribution in [-0.2, 0) is 14.3 Å². The number of ether oxygens (including phenoxy) is 4. The van der Waals surface area contributed by atoms with Crippen molar-refractivity contribution < 1.29 is 28.5 Å². The number of hydrogen-bond donors (Lipinski definition) is 1. The first-order valence-corrected chi connectivity index (χ1v) is 14.5. The maximum absolute atomic E-state index is 13.6. The van der Waals surface area contributed by atoms with Crippen molar-refractivity contribution >= 4 is 11.8 Å². The molecule has 1 aromatic rings. The van der Waals surface area contributed by atoms with Crippen LogP contribution in [0.1, 0.15) is 62.7 Å². The van der Waals surface area contributed by atoms with Crippen molar-refractivity contribution in [1.82, 2.24) is 15.1 Å². The average Bonchev–Trinajstić information content (AvgIpc) is 3.39. The van der Waals surface area contributed by atoms with E-state index in [0.717, 1.165) is 19.5 Å². The highest BCUT2D eigenvalue weighted by atomic mass is 16.5. The quantitative estimate of drug-likeness (QED) is 0.336. The lowest BCUT2D eigenvalue weighted by atomic mass is 9.89. The highest BCUT2D eigenvalue weighted by Crippen LogP contribution is 2.29. The molecule has 2 aliphatic rings. The molecule has 2 fully saturated rings. The second-order valence-electron chi connectivity index (χ2n) is 11.2. The predicted molar refractivity (Wildman–Crippen MR) is 151 cm³/mol. The number of likely N-dealkylation sites (N-methyl/N-ethyl adjacent to an activating group) is 1. The van der Waals surface area contributed by atoms with Crippen LogP contribution < -0.4 is 14.8 Å². The second-order valence-corrected chi connectivity index (χ2v) is 11.2. The Morgan fingerprint density at radius 3 is 2.49 bits per heavy atom. The molecule has 1 saturated carbocycles. The molecule has 1 aliphatic heterocycles. The van der Waals surface area contributed by atoms with Crippen LogP contribution in [0.25, 0.3) is 0 Å². The van der Waals surface area contributed by atoms with Crippen molar-refractivity contribution in [2.24, 2.45) is 11.8 Å². The third-order valence-corrected chi connectivity index (χ3v) is 7.86. The van der Waals surface area contributed by atoms with Gasteiger partial charge in [0.15, 0.2) is 11.5 Å². The fraction of sp³-hybridized carbons (Fsp3) is 0.733. The summed E-state index contributed by atoms with van der Waals surface area (Å²) in [6.45, 7) is 7.94. The lowest BCUT2D eigenvalue weighted by molar-refractivity contribution is -0.138. The number of methoxy groups -OCH3 is 2. The third-order valence-electron chi connectivity index (χ3n) is 7.86. The summed E-state index contributed by atoms with van der Waals surface area (Å²) in [5.74, 6) is 1.79. The van der Waals surface area contributed by atoms with Crippen LogP contribution in [0.15, 0.2) is 18.2 Å². The molecular weight excluding hydrogens is 498 g/mol. The Kier molecular flexibility index (Phi) is 12.8. The number of hydrogen-bond acceptors (Lipinski definition) is 7. The SMILES string of the molecule is COCCCOc1cc(C(=O)N(C[C@@H]2CNC[C@H]2OCC(=O)N(C)CC2CCCCC2)C(C)C)ccc1OC. The highest BCUT2D eigenvalue weighted by molar-refractivity contribution is 5.95. The first-order valence-electron chi connectivity index (χ1n) is 14.5. The smallest absolute Gasteiger partial charge is 0.254 e. The maximum Gasteiger partial charge on any atom is 0.254 e. The number of amides is 2. The Morgan fingerprint density at radius 2 is 1.79 bits per heavy atom. The molecule has 3 rings (SSSR count). The van der Waals surface area contributed by atoms with Gasteiger partial charge in [-0.3, -0.25) is 9.59 Å². The molecule has 1 aromatic carbocycles. The van der Waals surface area contributed by atoms with E-state index in [1.54, 1.807) is 32.4 Å². The molecule has 220 valence electrons. The minimum Gasteiger partial charge on any atom is -0.493 e. The Balaban J connectivity index is 1.58. The number of rotatable bonds is 15. The number of benzene rings is 1. The summed E-state index contributed by atoms with van der Waals surface area (Å²) in [5.41, 5.74) is 0.550. The molecule has 9 heteroatoms. The Bertz CT molecular complexity index is 905. The number of carbonyl (C=O) groups excluding carboxylic acids is 2. The van der Waals surface area contributed by atoms with E-state index in [-0.39, 0.29) is 36.5 Å². The number of nitrogens with zero attached hydrogens (tertiary/aromatic N) is 2. The Hall–Kier alpha value is -2.36. The summed E-state index contributed by atoms with van der Waals surface area (Å²) >= 11 is 0. The van der Waals surface area contributed by atoms with Crippen LogP contribution >= 0.6 is 0 Å². The van der Waals surface area contributed by atoms with Gasteiger partial charge in [-0.25, -0.2) is 0 Å². The second kappa shape index (κ2) is 16.0. The van der Waals surface area contributed by atoms with Crippen LogP contribution in [-0.4, -0.2) is 101 Å². The largest absolute Gasteiger partial charge is 0.493 e. The van der Waals surface area contributed by atoms with E-state index < -0.39 is 0 Å². The van der Waals surface area contributed by atoms with Gasteiger partial charge in [0.2, 0.25) is 5.91 Å². The van der Waals surface area contributed by atoms with E-state index in [2.05, 4.69) is 5.32 Å². The lowest BCUT2D eigenvalue weighted by Crippen LogP contribution is -2.44. The van der Waals surface area contributed by atoms with Crippen LogP contribution in [0.2, 0.25) is 0 Å². The van der Waals surface area contributed by atoms with Gasteiger partial charge in [-0.1, -0.05) is 19.3 Å². The number of nitrogens with one attached hydrogen (secondary N) is 1. The molecular formula is C30H49N3O6. The van der Waals surface area contributed by atoms with E-state index in [1.165, 1.54) is 32.1 Å². The lowest BCUT2D eigenvalue weighted by Gasteiger charge is -2.32. The van der Waals surface area contributed by atoms with Crippen LogP contribution in [0, 0.1) is 11.8 Å². The summed E-state index contributed by atoms with van der Waals surface area (Å²) < 4.78 is 22.5. The molecule has 0 spiro atoms. The van der Waals surface area contributed by atoms with Crippen LogP contribution in [0.3, 0.4) is 0 Å². The molecule has 0 aromatic heterocycles. The first kappa shape index (κ1) is 31.2. The fourth-order valence-corrected chi connectivity index (χ4v) is 5.49. The minimum atomic E-state index is -0.123. The standard InChI is InChI=1S/C30H49N3O6/c1-22(2)33(30(35)24-12-13-26(37-5)27(16-24)38-15-9-14-36-4)20-25-17-31-18-28(25)39-21-29(34)32(3)19-23-10-7-6-8-11-23/h12-13,16,22-23,25,28,31H,6-11,14-15,17-21H2,1-5H3/t25-,28+/m0/s1. The molecule has 0 radical (unpaired) electrons. The summed E-state index contributed by atoms with van der Waals surface area (Å²) in [6, 6.07) is 5.30. The van der Waals surface area contributed by atoms with Gasteiger partial charge in [-0.2, -0.15) is 0 Å². The fourth-order valence-electron chi connectivity index (χ4n) is 5.49. The van der Waals surface area contributed by atoms with Gasteiger partial charge in [0.05, 0.1) is 19.8 Å². The zero-order valence-electron chi connectivity index (χ0n) is 24.6. The van der Waals surface area contributed by atoms with E-state index in [1.807, 2.05) is 30.7 Å². The van der Waals surface area contributed by atoms with Gasteiger partial charge >= 0.3 is 0 Å². The van der Waals surface area contributed by atoms with Gasteiger partial charge in [0.25, 0.3) is 5.91 Å². The maximum atomic E-state index is 13.6. The van der Waals surface area contributed by atoms with E-state index in [0.29, 0.717) is 49.3 Å². The number of carbonyl (C=O) groups is 2. The molecule has 1 saturated heterocycles. The van der Waals surface area contributed by atoms with Gasteiger partial charge in [0.1, 0.15) is 6.61 Å². The molecule has 1 N–H and O–H groups in total. The van der Waals surface area contributed by atoms with Crippen molar-refractivity contribution in [3.8, 4) is 11.5 Å². The zero-order valence-corrected chi connectivity index (χ0v) is 24.6. The van der Waals surface area contributed by atoms with E-state index in [9.17, 15) is 9.59 Å². The summed E-state index contributed by atoms with van der Waals surface area (Å²) in [4.78, 5) is 30.1. The van der Waals surface area contributed by atoms with Crippen molar-refractivity contribution in [2.75, 3.05) is 67.3 Å². The predicted octanol–water partition coefficient (Wildman–Crippen LogP) is 3.60. The molecule has 1 heterocycles. The van der Waals surface area contributed by atoms with Crippen LogP contribution in [0.5, 0.6) is 11.5 Å². The molecule has 0 bridgehead atoms. The van der Waals surface area contributed by atoms with E-state index in [4.69, 9.17) is 18.9 Å². The first-order chi connectivity index (χ1) is 18.8. The van der Waals surface area contributed by atoms with Crippen molar-refractivity contribution in [3.05, 3.63) is 23.8 Å². The topological polar surface area (TPSA) is 89.6 Å². The summed E-state index contributed by atoms with van der Waals surface area (Å²) in [5, 5.41) is 3.39. The van der Waals surface area contributed by atoms with Crippen LogP contribution in [0.4, 0.5) is 0 Å². The molecule has 0 unspecified atom stereocenters. The van der Waals surface area contributed by atoms with Crippen molar-refractivity contribution in [1.29, 1.82) is 0 Å². The highest BCUT2D eigenvalue weighted by Gasteiger charge is 2.33. The van der Waals surface area contributed by atoms with Gasteiger partial charge in [-0.05, 0) is 50.8 Å². The average molecular weight is 548 g/mol. The Labute approximate surface area is 234 Å². The summed E-state index contributed by atoms with van der Waals surface area (Å²) in [6.07, 6.45) is 6.88. The molecule has 2 atom stereocenters. The van der Waals surface area contributed by atoms with Gasteiger partial charge in [-0.15, -0.1) is 0 Å². The van der Waals surface area contributed by atoms with E-state index >= 15 is 0 Å². The monoisotopic (exact) mass is 547 g/mol. The van der Waals surface area contributed by atoms with Crippen molar-refractivity contribution in [3.63, 3.8) is 0 Å². The summed E-state index contributed by atoms with van der Waals surface area (Å²) in [7, 11) is 5.13. The van der Waals surface area contributed by atoms with Gasteiger partial charge in [0, 0.05) is 70.9 Å². The minimum absolute atomic E-state index is 0.00446. The zero-order chi connectivity index (χ0) is 28.2. The Morgan fingerprint density at radius 1 is 1.03 bits per heavy atom. The molecule has 1 aliphatic carbocycles. The van der Waals surface area contributed by atoms with Crippen molar-refractivity contribution in [2.45, 2.75) is 64.5 Å². The van der Waals surface area contributed by atoms with Gasteiger partial charge < -0.3 is 34.1 Å². The third kappa shape index (κ3) is 9.36. The normalized spacial score (nSPS) is 19.7. The molecule has 2 amide bonds. The molecule has 9 nitrogen and oxygen atoms in total. The molecule has 39 heavy (non-hydrogen) atoms.